The molecule has 0 bridgehead atoms. The molecule has 0 aromatic heterocycles. The number of ether oxygens (including phenoxy) is 2. The smallest absolute Gasteiger partial charge is 0.407 e. The molecule has 0 aliphatic carbocycles. The van der Waals surface area contributed by atoms with Gasteiger partial charge in [0.2, 0.25) is 5.91 Å². The van der Waals surface area contributed by atoms with Gasteiger partial charge in [0, 0.05) is 25.6 Å². The second-order valence-electron chi connectivity index (χ2n) is 14.6. The number of aliphatic hydroxyl groups is 1. The number of alkyl carbamates (subject to hydrolysis) is 1. The van der Waals surface area contributed by atoms with Gasteiger partial charge in [-0.15, -0.1) is 0 Å². The Morgan fingerprint density at radius 3 is 2.26 bits per heavy atom. The van der Waals surface area contributed by atoms with Crippen molar-refractivity contribution in [3.8, 4) is 5.75 Å². The van der Waals surface area contributed by atoms with Crippen LogP contribution in [0.4, 0.5) is 4.79 Å². The molecule has 43 heavy (non-hydrogen) atoms. The molecule has 4 N–H and O–H groups in total. The van der Waals surface area contributed by atoms with Crippen LogP contribution < -0.4 is 10.6 Å². The van der Waals surface area contributed by atoms with Crippen molar-refractivity contribution in [3.05, 3.63) is 29.3 Å². The van der Waals surface area contributed by atoms with Gasteiger partial charge in [-0.25, -0.2) is 4.79 Å². The first kappa shape index (κ1) is 36.8. The van der Waals surface area contributed by atoms with E-state index in [1.54, 1.807) is 20.8 Å². The number of rotatable bonds is 14. The molecule has 1 aromatic rings. The number of benzene rings is 1. The molecule has 2 amide bonds. The van der Waals surface area contributed by atoms with E-state index in [4.69, 9.17) is 9.47 Å². The average molecular weight is 606 g/mol. The average Bonchev–Trinajstić information content (AvgIpc) is 2.88. The van der Waals surface area contributed by atoms with E-state index >= 15 is 0 Å². The lowest BCUT2D eigenvalue weighted by Crippen LogP contribution is -2.48. The van der Waals surface area contributed by atoms with E-state index in [0.717, 1.165) is 50.4 Å². The van der Waals surface area contributed by atoms with Crippen molar-refractivity contribution in [1.29, 1.82) is 0 Å². The van der Waals surface area contributed by atoms with Gasteiger partial charge in [-0.05, 0) is 87.4 Å². The summed E-state index contributed by atoms with van der Waals surface area (Å²) in [5.41, 5.74) is 1.04. The molecular formula is C34H59N3O6. The number of carbonyl (C=O) groups excluding carboxylic acids is 2. The van der Waals surface area contributed by atoms with Gasteiger partial charge in [0.15, 0.2) is 0 Å². The van der Waals surface area contributed by atoms with Crippen LogP contribution in [0.1, 0.15) is 92.7 Å². The van der Waals surface area contributed by atoms with Crippen molar-refractivity contribution in [1.82, 2.24) is 15.5 Å². The van der Waals surface area contributed by atoms with Crippen LogP contribution in [-0.4, -0.2) is 84.3 Å². The van der Waals surface area contributed by atoms with Gasteiger partial charge < -0.3 is 30.3 Å². The van der Waals surface area contributed by atoms with Gasteiger partial charge in [0.1, 0.15) is 11.4 Å². The Morgan fingerprint density at radius 1 is 1.05 bits per heavy atom. The molecule has 2 rings (SSSR count). The minimum atomic E-state index is -0.945. The van der Waals surface area contributed by atoms with Gasteiger partial charge in [0.05, 0.1) is 25.4 Å². The summed E-state index contributed by atoms with van der Waals surface area (Å²) in [4.78, 5) is 28.0. The number of morpholine rings is 1. The zero-order valence-electron chi connectivity index (χ0n) is 28.2. The quantitative estimate of drug-likeness (QED) is 0.220. The second kappa shape index (κ2) is 16.6. The van der Waals surface area contributed by atoms with Crippen LogP contribution in [0, 0.1) is 17.8 Å². The molecule has 0 radical (unpaired) electrons. The normalized spacial score (nSPS) is 17.7. The van der Waals surface area contributed by atoms with E-state index in [-0.39, 0.29) is 35.3 Å². The van der Waals surface area contributed by atoms with E-state index < -0.39 is 29.8 Å². The number of phenols is 1. The maximum absolute atomic E-state index is 12.9. The van der Waals surface area contributed by atoms with Crippen LogP contribution in [0.5, 0.6) is 5.75 Å². The highest BCUT2D eigenvalue weighted by atomic mass is 16.6. The van der Waals surface area contributed by atoms with E-state index in [1.807, 2.05) is 25.1 Å². The first-order valence-corrected chi connectivity index (χ1v) is 16.0. The molecular weight excluding hydrogens is 546 g/mol. The minimum Gasteiger partial charge on any atom is -0.508 e. The molecule has 0 unspecified atom stereocenters. The Labute approximate surface area is 260 Å². The standard InChI is InChI=1S/C34H59N3O6/c1-23(2)26(20-25-11-12-27(29(38)21-25)33(4,5)6)22-28(36-32(41)43-34(7,8)9)30(39)19-24(3)31(40)35-13-10-14-37-15-17-42-18-16-37/h11-12,21,23-24,26,28,30,38-39H,10,13-20,22H2,1-9H3,(H,35,40)(H,36,41)/t24-,26+,28+,30+/m1/s1. The fourth-order valence-electron chi connectivity index (χ4n) is 5.48. The number of hydrogen-bond acceptors (Lipinski definition) is 7. The number of amides is 2. The minimum absolute atomic E-state index is 0.0961. The lowest BCUT2D eigenvalue weighted by molar-refractivity contribution is -0.125. The molecule has 1 fully saturated rings. The highest BCUT2D eigenvalue weighted by Gasteiger charge is 2.31. The zero-order valence-corrected chi connectivity index (χ0v) is 28.2. The third-order valence-corrected chi connectivity index (χ3v) is 8.13. The maximum atomic E-state index is 12.9. The summed E-state index contributed by atoms with van der Waals surface area (Å²) < 4.78 is 10.9. The molecule has 9 nitrogen and oxygen atoms in total. The Bertz CT molecular complexity index is 1010. The Morgan fingerprint density at radius 2 is 1.70 bits per heavy atom. The Kier molecular flexibility index (Phi) is 14.3. The van der Waals surface area contributed by atoms with E-state index in [0.29, 0.717) is 19.4 Å². The van der Waals surface area contributed by atoms with Crippen LogP contribution in [-0.2, 0) is 26.1 Å². The number of nitrogens with zero attached hydrogens (tertiary/aromatic N) is 1. The number of hydrogen-bond donors (Lipinski definition) is 4. The third-order valence-electron chi connectivity index (χ3n) is 8.13. The van der Waals surface area contributed by atoms with Crippen LogP contribution in [0.3, 0.4) is 0 Å². The summed E-state index contributed by atoms with van der Waals surface area (Å²) in [6, 6.07) is 5.25. The molecule has 4 atom stereocenters. The topological polar surface area (TPSA) is 120 Å². The molecule has 0 spiro atoms. The lowest BCUT2D eigenvalue weighted by atomic mass is 9.80. The summed E-state index contributed by atoms with van der Waals surface area (Å²) in [6.45, 7) is 22.5. The van der Waals surface area contributed by atoms with Gasteiger partial charge in [-0.1, -0.05) is 53.7 Å². The molecule has 9 heteroatoms. The number of aliphatic hydroxyl groups excluding tert-OH is 1. The van der Waals surface area contributed by atoms with E-state index in [1.165, 1.54) is 0 Å². The van der Waals surface area contributed by atoms with Gasteiger partial charge in [0.25, 0.3) is 0 Å². The SMILES string of the molecule is CC(C)[C@@H](Cc1ccc(C(C)(C)C)c(O)c1)C[C@H](NC(=O)OC(C)(C)C)[C@@H](O)C[C@@H](C)C(=O)NCCCN1CCOCC1. The van der Waals surface area contributed by atoms with Gasteiger partial charge >= 0.3 is 6.09 Å². The van der Waals surface area contributed by atoms with Crippen molar-refractivity contribution < 1.29 is 29.3 Å². The highest BCUT2D eigenvalue weighted by Crippen LogP contribution is 2.33. The largest absolute Gasteiger partial charge is 0.508 e. The summed E-state index contributed by atoms with van der Waals surface area (Å²) in [5.74, 6) is 0.0823. The molecule has 1 aliphatic heterocycles. The van der Waals surface area contributed by atoms with E-state index in [2.05, 4.69) is 50.2 Å². The van der Waals surface area contributed by atoms with Crippen molar-refractivity contribution in [2.24, 2.45) is 17.8 Å². The summed E-state index contributed by atoms with van der Waals surface area (Å²) >= 11 is 0. The zero-order chi connectivity index (χ0) is 32.4. The molecule has 246 valence electrons. The predicted octanol–water partition coefficient (Wildman–Crippen LogP) is 5.01. The third kappa shape index (κ3) is 13.4. The van der Waals surface area contributed by atoms with Gasteiger partial charge in [-0.3, -0.25) is 9.69 Å². The van der Waals surface area contributed by atoms with Crippen LogP contribution in [0.25, 0.3) is 0 Å². The molecule has 1 aliphatic rings. The molecule has 0 saturated carbocycles. The number of aromatic hydroxyl groups is 1. The van der Waals surface area contributed by atoms with Crippen molar-refractivity contribution in [3.63, 3.8) is 0 Å². The van der Waals surface area contributed by atoms with Gasteiger partial charge in [-0.2, -0.15) is 0 Å². The molecule has 1 aromatic carbocycles. The first-order valence-electron chi connectivity index (χ1n) is 16.0. The summed E-state index contributed by atoms with van der Waals surface area (Å²) in [7, 11) is 0. The van der Waals surface area contributed by atoms with Crippen molar-refractivity contribution in [2.75, 3.05) is 39.4 Å². The molecule has 1 heterocycles. The second-order valence-corrected chi connectivity index (χ2v) is 14.6. The fraction of sp³-hybridized carbons (Fsp3) is 0.765. The van der Waals surface area contributed by atoms with Crippen molar-refractivity contribution in [2.45, 2.75) is 111 Å². The highest BCUT2D eigenvalue weighted by molar-refractivity contribution is 5.78. The lowest BCUT2D eigenvalue weighted by Gasteiger charge is -2.32. The maximum Gasteiger partial charge on any atom is 0.407 e. The number of carbonyl (C=O) groups is 2. The van der Waals surface area contributed by atoms with Crippen LogP contribution in [0.15, 0.2) is 18.2 Å². The van der Waals surface area contributed by atoms with Crippen molar-refractivity contribution >= 4 is 12.0 Å². The Balaban J connectivity index is 2.07. The monoisotopic (exact) mass is 605 g/mol. The summed E-state index contributed by atoms with van der Waals surface area (Å²) in [6.07, 6.45) is 0.696. The predicted molar refractivity (Wildman–Crippen MR) is 171 cm³/mol. The van der Waals surface area contributed by atoms with E-state index in [9.17, 15) is 19.8 Å². The first-order chi connectivity index (χ1) is 20.0. The number of nitrogens with one attached hydrogen (secondary N) is 2. The summed E-state index contributed by atoms with van der Waals surface area (Å²) in [5, 5.41) is 28.0. The Hall–Kier alpha value is -2.36. The van der Waals surface area contributed by atoms with Crippen LogP contribution in [0.2, 0.25) is 0 Å². The van der Waals surface area contributed by atoms with Crippen LogP contribution >= 0.6 is 0 Å². The fourth-order valence-corrected chi connectivity index (χ4v) is 5.48. The molecule has 1 saturated heterocycles. The number of phenolic OH excluding ortho intramolecular Hbond substituents is 1.